The normalized spacial score (nSPS) is 16.4. The van der Waals surface area contributed by atoms with Crippen LogP contribution in [0, 0.1) is 6.92 Å². The zero-order chi connectivity index (χ0) is 18.6. The first-order valence-electron chi connectivity index (χ1n) is 9.89. The lowest BCUT2D eigenvalue weighted by Crippen LogP contribution is -2.50. The summed E-state index contributed by atoms with van der Waals surface area (Å²) < 4.78 is 6.10. The molecule has 0 N–H and O–H groups in total. The second kappa shape index (κ2) is 8.01. The van der Waals surface area contributed by atoms with Gasteiger partial charge in [0, 0.05) is 49.9 Å². The molecule has 1 aromatic heterocycles. The van der Waals surface area contributed by atoms with Gasteiger partial charge in [0.05, 0.1) is 0 Å². The molecule has 2 aromatic carbocycles. The molecule has 4 rings (SSSR count). The number of anilines is 1. The van der Waals surface area contributed by atoms with Crippen molar-refractivity contribution in [1.82, 2.24) is 4.90 Å². The van der Waals surface area contributed by atoms with E-state index in [1.54, 1.807) is 0 Å². The average molecular weight is 361 g/mol. The molecule has 0 bridgehead atoms. The van der Waals surface area contributed by atoms with Gasteiger partial charge in [-0.3, -0.25) is 4.90 Å². The first kappa shape index (κ1) is 17.9. The molecule has 3 aromatic rings. The number of furan rings is 1. The second-order valence-electron chi connectivity index (χ2n) is 7.54. The summed E-state index contributed by atoms with van der Waals surface area (Å²) in [4.78, 5) is 5.07. The predicted molar refractivity (Wildman–Crippen MR) is 112 cm³/mol. The summed E-state index contributed by atoms with van der Waals surface area (Å²) in [7, 11) is 0. The van der Waals surface area contributed by atoms with Gasteiger partial charge in [-0.2, -0.15) is 0 Å². The van der Waals surface area contributed by atoms with Gasteiger partial charge in [-0.15, -0.1) is 0 Å². The highest BCUT2D eigenvalue weighted by molar-refractivity contribution is 5.57. The molecule has 1 saturated heterocycles. The van der Waals surface area contributed by atoms with E-state index in [0.717, 1.165) is 49.7 Å². The summed E-state index contributed by atoms with van der Waals surface area (Å²) in [5.41, 5.74) is 3.80. The molecule has 1 unspecified atom stereocenters. The number of rotatable bonds is 5. The molecule has 0 amide bonds. The standard InChI is InChI=1S/C24H28N2O/c1-19-8-10-22(11-9-19)26-16-14-25(15-17-26)20(2)18-23-12-13-24(27-23)21-6-4-3-5-7-21/h3-13,20H,14-18H2,1-2H3. The van der Waals surface area contributed by atoms with Crippen LogP contribution in [0.3, 0.4) is 0 Å². The van der Waals surface area contributed by atoms with E-state index >= 15 is 0 Å². The van der Waals surface area contributed by atoms with Gasteiger partial charge in [0.2, 0.25) is 0 Å². The first-order valence-corrected chi connectivity index (χ1v) is 9.89. The molecule has 1 aliphatic heterocycles. The van der Waals surface area contributed by atoms with E-state index in [9.17, 15) is 0 Å². The number of hydrogen-bond acceptors (Lipinski definition) is 3. The maximum atomic E-state index is 6.10. The van der Waals surface area contributed by atoms with Crippen LogP contribution in [0.2, 0.25) is 0 Å². The maximum absolute atomic E-state index is 6.10. The van der Waals surface area contributed by atoms with Crippen LogP contribution >= 0.6 is 0 Å². The van der Waals surface area contributed by atoms with Crippen molar-refractivity contribution in [2.75, 3.05) is 31.1 Å². The second-order valence-corrected chi connectivity index (χ2v) is 7.54. The largest absolute Gasteiger partial charge is 0.461 e. The number of benzene rings is 2. The monoisotopic (exact) mass is 360 g/mol. The minimum absolute atomic E-state index is 0.486. The molecular weight excluding hydrogens is 332 g/mol. The number of nitrogens with zero attached hydrogens (tertiary/aromatic N) is 2. The lowest BCUT2D eigenvalue weighted by molar-refractivity contribution is 0.190. The van der Waals surface area contributed by atoms with Gasteiger partial charge in [-0.25, -0.2) is 0 Å². The first-order chi connectivity index (χ1) is 13.2. The van der Waals surface area contributed by atoms with Crippen LogP contribution in [-0.2, 0) is 6.42 Å². The van der Waals surface area contributed by atoms with Gasteiger partial charge >= 0.3 is 0 Å². The summed E-state index contributed by atoms with van der Waals surface area (Å²) in [6, 6.07) is 23.9. The fourth-order valence-electron chi connectivity index (χ4n) is 3.84. The smallest absolute Gasteiger partial charge is 0.134 e. The van der Waals surface area contributed by atoms with Gasteiger partial charge in [-0.1, -0.05) is 48.0 Å². The van der Waals surface area contributed by atoms with E-state index in [1.165, 1.54) is 11.3 Å². The zero-order valence-corrected chi connectivity index (χ0v) is 16.3. The molecule has 1 aliphatic rings. The molecule has 2 heterocycles. The Kier molecular flexibility index (Phi) is 5.30. The number of hydrogen-bond donors (Lipinski definition) is 0. The Morgan fingerprint density at radius 3 is 2.26 bits per heavy atom. The van der Waals surface area contributed by atoms with Crippen LogP contribution in [0.15, 0.2) is 71.1 Å². The van der Waals surface area contributed by atoms with Crippen LogP contribution in [-0.4, -0.2) is 37.1 Å². The van der Waals surface area contributed by atoms with Crippen LogP contribution in [0.1, 0.15) is 18.2 Å². The Morgan fingerprint density at radius 1 is 0.852 bits per heavy atom. The third-order valence-electron chi connectivity index (χ3n) is 5.55. The van der Waals surface area contributed by atoms with Crippen molar-refractivity contribution in [3.05, 3.63) is 78.1 Å². The highest BCUT2D eigenvalue weighted by Crippen LogP contribution is 2.24. The third kappa shape index (κ3) is 4.25. The summed E-state index contributed by atoms with van der Waals surface area (Å²) in [6.07, 6.45) is 0.956. The van der Waals surface area contributed by atoms with E-state index in [2.05, 4.69) is 72.2 Å². The van der Waals surface area contributed by atoms with Crippen molar-refractivity contribution in [3.63, 3.8) is 0 Å². The van der Waals surface area contributed by atoms with Gasteiger partial charge in [0.25, 0.3) is 0 Å². The lowest BCUT2D eigenvalue weighted by Gasteiger charge is -2.39. The minimum Gasteiger partial charge on any atom is -0.461 e. The molecular formula is C24H28N2O. The molecule has 1 fully saturated rings. The van der Waals surface area contributed by atoms with E-state index in [1.807, 2.05) is 18.2 Å². The third-order valence-corrected chi connectivity index (χ3v) is 5.55. The molecule has 140 valence electrons. The highest BCUT2D eigenvalue weighted by atomic mass is 16.3. The molecule has 27 heavy (non-hydrogen) atoms. The molecule has 0 saturated carbocycles. The van der Waals surface area contributed by atoms with Crippen LogP contribution in [0.4, 0.5) is 5.69 Å². The van der Waals surface area contributed by atoms with Crippen molar-refractivity contribution in [2.45, 2.75) is 26.3 Å². The quantitative estimate of drug-likeness (QED) is 0.638. The minimum atomic E-state index is 0.486. The number of aryl methyl sites for hydroxylation is 1. The molecule has 3 nitrogen and oxygen atoms in total. The summed E-state index contributed by atoms with van der Waals surface area (Å²) in [5.74, 6) is 2.03. The van der Waals surface area contributed by atoms with Crippen LogP contribution < -0.4 is 4.90 Å². The summed E-state index contributed by atoms with van der Waals surface area (Å²) in [6.45, 7) is 8.82. The summed E-state index contributed by atoms with van der Waals surface area (Å²) in [5, 5.41) is 0. The fraction of sp³-hybridized carbons (Fsp3) is 0.333. The van der Waals surface area contributed by atoms with Gasteiger partial charge in [-0.05, 0) is 38.1 Å². The van der Waals surface area contributed by atoms with Gasteiger partial charge < -0.3 is 9.32 Å². The Morgan fingerprint density at radius 2 is 1.56 bits per heavy atom. The summed E-state index contributed by atoms with van der Waals surface area (Å²) >= 11 is 0. The number of piperazine rings is 1. The SMILES string of the molecule is Cc1ccc(N2CCN(C(C)Cc3ccc(-c4ccccc4)o3)CC2)cc1. The topological polar surface area (TPSA) is 19.6 Å². The lowest BCUT2D eigenvalue weighted by atomic mass is 10.1. The molecule has 3 heteroatoms. The Hall–Kier alpha value is -2.52. The van der Waals surface area contributed by atoms with Crippen molar-refractivity contribution >= 4 is 5.69 Å². The van der Waals surface area contributed by atoms with E-state index in [4.69, 9.17) is 4.42 Å². The van der Waals surface area contributed by atoms with E-state index < -0.39 is 0 Å². The molecule has 0 aliphatic carbocycles. The highest BCUT2D eigenvalue weighted by Gasteiger charge is 2.22. The van der Waals surface area contributed by atoms with Gasteiger partial charge in [0.1, 0.15) is 11.5 Å². The van der Waals surface area contributed by atoms with Crippen LogP contribution in [0.25, 0.3) is 11.3 Å². The van der Waals surface area contributed by atoms with Crippen molar-refractivity contribution in [3.8, 4) is 11.3 Å². The molecule has 0 radical (unpaired) electrons. The van der Waals surface area contributed by atoms with Crippen molar-refractivity contribution < 1.29 is 4.42 Å². The molecule has 0 spiro atoms. The average Bonchev–Trinajstić information content (AvgIpc) is 3.18. The Labute approximate surface area is 162 Å². The maximum Gasteiger partial charge on any atom is 0.134 e. The molecule has 1 atom stereocenters. The van der Waals surface area contributed by atoms with Crippen molar-refractivity contribution in [2.24, 2.45) is 0 Å². The Balaban J connectivity index is 1.33. The fourth-order valence-corrected chi connectivity index (χ4v) is 3.84. The predicted octanol–water partition coefficient (Wildman–Crippen LogP) is 5.01. The Bertz CT molecular complexity index is 846. The van der Waals surface area contributed by atoms with Gasteiger partial charge in [0.15, 0.2) is 0 Å². The van der Waals surface area contributed by atoms with Crippen molar-refractivity contribution in [1.29, 1.82) is 0 Å². The zero-order valence-electron chi connectivity index (χ0n) is 16.3. The van der Waals surface area contributed by atoms with E-state index in [-0.39, 0.29) is 0 Å². The van der Waals surface area contributed by atoms with E-state index in [0.29, 0.717) is 6.04 Å². The van der Waals surface area contributed by atoms with Crippen LogP contribution in [0.5, 0.6) is 0 Å².